The number of benzene rings is 2. The summed E-state index contributed by atoms with van der Waals surface area (Å²) in [4.78, 5) is 37.3. The van der Waals surface area contributed by atoms with Gasteiger partial charge in [-0.25, -0.2) is 12.8 Å². The van der Waals surface area contributed by atoms with Gasteiger partial charge >= 0.3 is 0 Å². The standard InChI is InChI=1S/C24H31FN4O5S/c1-16-8-10-19(11-9-16)35(33,34)29-20(15-21(30)28-24(2,3)4)23(32)27-13-12-26-22(31)17-6-5-7-18(25)14-17/h5-11,14,20,29H,12-13,15H2,1-4H3,(H,26,31)(H,27,32)(H,28,30)/t20-/m0/s1. The van der Waals surface area contributed by atoms with E-state index < -0.39 is 51.6 Å². The molecule has 0 aliphatic heterocycles. The lowest BCUT2D eigenvalue weighted by Gasteiger charge is -2.23. The van der Waals surface area contributed by atoms with Gasteiger partial charge in [0.25, 0.3) is 5.91 Å². The molecule has 2 aromatic rings. The van der Waals surface area contributed by atoms with Gasteiger partial charge in [-0.05, 0) is 58.0 Å². The quantitative estimate of drug-likeness (QED) is 0.364. The Kier molecular flexibility index (Phi) is 9.49. The molecular formula is C24H31FN4O5S. The Morgan fingerprint density at radius 2 is 1.60 bits per heavy atom. The molecule has 1 atom stereocenters. The molecule has 190 valence electrons. The second-order valence-electron chi connectivity index (χ2n) is 9.05. The summed E-state index contributed by atoms with van der Waals surface area (Å²) in [6, 6.07) is 9.81. The van der Waals surface area contributed by atoms with Crippen molar-refractivity contribution in [3.8, 4) is 0 Å². The maximum absolute atomic E-state index is 13.3. The van der Waals surface area contributed by atoms with E-state index in [0.29, 0.717) is 0 Å². The first-order valence-corrected chi connectivity index (χ1v) is 12.5. The molecule has 9 nitrogen and oxygen atoms in total. The molecule has 0 bridgehead atoms. The molecule has 0 fully saturated rings. The van der Waals surface area contributed by atoms with Crippen LogP contribution < -0.4 is 20.7 Å². The van der Waals surface area contributed by atoms with Crippen LogP contribution in [-0.4, -0.2) is 50.8 Å². The highest BCUT2D eigenvalue weighted by atomic mass is 32.2. The predicted octanol–water partition coefficient (Wildman–Crippen LogP) is 1.63. The Morgan fingerprint density at radius 1 is 0.971 bits per heavy atom. The molecule has 4 N–H and O–H groups in total. The van der Waals surface area contributed by atoms with E-state index in [1.165, 1.54) is 30.3 Å². The Bertz CT molecular complexity index is 1160. The molecule has 0 aliphatic rings. The molecule has 0 heterocycles. The molecule has 0 saturated heterocycles. The van der Waals surface area contributed by atoms with Crippen LogP contribution in [0, 0.1) is 12.7 Å². The summed E-state index contributed by atoms with van der Waals surface area (Å²) in [6.45, 7) is 7.06. The van der Waals surface area contributed by atoms with E-state index in [0.717, 1.165) is 11.6 Å². The third-order valence-corrected chi connectivity index (χ3v) is 6.13. The highest BCUT2D eigenvalue weighted by molar-refractivity contribution is 7.89. The summed E-state index contributed by atoms with van der Waals surface area (Å²) in [6.07, 6.45) is -0.427. The first kappa shape index (κ1) is 27.9. The minimum Gasteiger partial charge on any atom is -0.353 e. The zero-order valence-corrected chi connectivity index (χ0v) is 21.0. The highest BCUT2D eigenvalue weighted by Gasteiger charge is 2.29. The SMILES string of the molecule is Cc1ccc(S(=O)(=O)N[C@@H](CC(=O)NC(C)(C)C)C(=O)NCCNC(=O)c2cccc(F)c2)cc1. The minimum atomic E-state index is -4.09. The molecule has 35 heavy (non-hydrogen) atoms. The van der Waals surface area contributed by atoms with Crippen molar-refractivity contribution in [1.82, 2.24) is 20.7 Å². The molecule has 0 spiro atoms. The van der Waals surface area contributed by atoms with Crippen LogP contribution in [0.25, 0.3) is 0 Å². The van der Waals surface area contributed by atoms with Crippen molar-refractivity contribution in [2.75, 3.05) is 13.1 Å². The first-order valence-electron chi connectivity index (χ1n) is 11.0. The normalized spacial score (nSPS) is 12.5. The van der Waals surface area contributed by atoms with Gasteiger partial charge in [0.1, 0.15) is 11.9 Å². The van der Waals surface area contributed by atoms with E-state index in [1.54, 1.807) is 32.9 Å². The molecule has 2 aromatic carbocycles. The lowest BCUT2D eigenvalue weighted by atomic mass is 10.1. The zero-order chi connectivity index (χ0) is 26.2. The molecule has 0 aromatic heterocycles. The fraction of sp³-hybridized carbons (Fsp3) is 0.375. The van der Waals surface area contributed by atoms with Crippen molar-refractivity contribution in [1.29, 1.82) is 0 Å². The summed E-state index contributed by atoms with van der Waals surface area (Å²) in [5, 5.41) is 7.75. The number of hydrogen-bond acceptors (Lipinski definition) is 5. The Balaban J connectivity index is 2.04. The second kappa shape index (κ2) is 11.9. The van der Waals surface area contributed by atoms with Crippen molar-refractivity contribution in [3.63, 3.8) is 0 Å². The fourth-order valence-electron chi connectivity index (χ4n) is 3.03. The molecule has 0 radical (unpaired) electrons. The van der Waals surface area contributed by atoms with Gasteiger partial charge in [-0.3, -0.25) is 14.4 Å². The van der Waals surface area contributed by atoms with Crippen LogP contribution in [-0.2, 0) is 19.6 Å². The van der Waals surface area contributed by atoms with Crippen LogP contribution in [0.2, 0.25) is 0 Å². The monoisotopic (exact) mass is 506 g/mol. The average molecular weight is 507 g/mol. The Morgan fingerprint density at radius 3 is 2.20 bits per heavy atom. The number of aryl methyl sites for hydroxylation is 1. The van der Waals surface area contributed by atoms with Crippen LogP contribution in [0.5, 0.6) is 0 Å². The summed E-state index contributed by atoms with van der Waals surface area (Å²) < 4.78 is 41.2. The molecular weight excluding hydrogens is 475 g/mol. The second-order valence-corrected chi connectivity index (χ2v) is 10.8. The smallest absolute Gasteiger partial charge is 0.251 e. The van der Waals surface area contributed by atoms with Crippen molar-refractivity contribution in [3.05, 3.63) is 65.5 Å². The third-order valence-electron chi connectivity index (χ3n) is 4.65. The molecule has 11 heteroatoms. The maximum atomic E-state index is 13.3. The van der Waals surface area contributed by atoms with Crippen LogP contribution in [0.3, 0.4) is 0 Å². The van der Waals surface area contributed by atoms with E-state index >= 15 is 0 Å². The highest BCUT2D eigenvalue weighted by Crippen LogP contribution is 2.12. The van der Waals surface area contributed by atoms with E-state index in [9.17, 15) is 27.2 Å². The molecule has 0 unspecified atom stereocenters. The number of carbonyl (C=O) groups is 3. The van der Waals surface area contributed by atoms with E-state index in [-0.39, 0.29) is 23.5 Å². The number of hydrogen-bond donors (Lipinski definition) is 4. The van der Waals surface area contributed by atoms with Crippen molar-refractivity contribution in [2.24, 2.45) is 0 Å². The minimum absolute atomic E-state index is 0.00665. The number of rotatable bonds is 10. The lowest BCUT2D eigenvalue weighted by molar-refractivity contribution is -0.128. The summed E-state index contributed by atoms with van der Waals surface area (Å²) in [5.41, 5.74) is 0.414. The van der Waals surface area contributed by atoms with Crippen LogP contribution >= 0.6 is 0 Å². The Labute approximate surface area is 204 Å². The van der Waals surface area contributed by atoms with Gasteiger partial charge in [0, 0.05) is 24.2 Å². The number of halogens is 1. The summed E-state index contributed by atoms with van der Waals surface area (Å²) in [5.74, 6) is -2.32. The van der Waals surface area contributed by atoms with Gasteiger partial charge in [-0.1, -0.05) is 23.8 Å². The number of sulfonamides is 1. The van der Waals surface area contributed by atoms with Crippen LogP contribution in [0.1, 0.15) is 43.1 Å². The van der Waals surface area contributed by atoms with Gasteiger partial charge < -0.3 is 16.0 Å². The van der Waals surface area contributed by atoms with Gasteiger partial charge in [-0.2, -0.15) is 4.72 Å². The maximum Gasteiger partial charge on any atom is 0.251 e. The van der Waals surface area contributed by atoms with Gasteiger partial charge in [0.05, 0.1) is 11.3 Å². The van der Waals surface area contributed by atoms with Crippen molar-refractivity contribution < 1.29 is 27.2 Å². The predicted molar refractivity (Wildman–Crippen MR) is 130 cm³/mol. The number of carbonyl (C=O) groups excluding carboxylic acids is 3. The molecule has 0 aliphatic carbocycles. The van der Waals surface area contributed by atoms with Gasteiger partial charge in [-0.15, -0.1) is 0 Å². The van der Waals surface area contributed by atoms with E-state index in [4.69, 9.17) is 0 Å². The largest absolute Gasteiger partial charge is 0.353 e. The molecule has 0 saturated carbocycles. The van der Waals surface area contributed by atoms with E-state index in [1.807, 2.05) is 6.92 Å². The average Bonchev–Trinajstić information content (AvgIpc) is 2.74. The lowest BCUT2D eigenvalue weighted by Crippen LogP contribution is -2.51. The third kappa shape index (κ3) is 9.45. The van der Waals surface area contributed by atoms with E-state index in [2.05, 4.69) is 20.7 Å². The van der Waals surface area contributed by atoms with Crippen LogP contribution in [0.4, 0.5) is 4.39 Å². The number of amides is 3. The van der Waals surface area contributed by atoms with Crippen LogP contribution in [0.15, 0.2) is 53.4 Å². The fourth-order valence-corrected chi connectivity index (χ4v) is 4.23. The first-order chi connectivity index (χ1) is 16.3. The van der Waals surface area contributed by atoms with Gasteiger partial charge in [0.2, 0.25) is 21.8 Å². The molecule has 2 rings (SSSR count). The summed E-state index contributed by atoms with van der Waals surface area (Å²) >= 11 is 0. The summed E-state index contributed by atoms with van der Waals surface area (Å²) in [7, 11) is -4.09. The zero-order valence-electron chi connectivity index (χ0n) is 20.1. The topological polar surface area (TPSA) is 133 Å². The number of nitrogens with one attached hydrogen (secondary N) is 4. The van der Waals surface area contributed by atoms with Crippen molar-refractivity contribution in [2.45, 2.75) is 50.6 Å². The van der Waals surface area contributed by atoms with Gasteiger partial charge in [0.15, 0.2) is 0 Å². The van der Waals surface area contributed by atoms with Crippen molar-refractivity contribution >= 4 is 27.7 Å². The molecule has 3 amide bonds. The Hall–Kier alpha value is -3.31.